The molecule has 0 aliphatic rings. The predicted octanol–water partition coefficient (Wildman–Crippen LogP) is 0.686. The van der Waals surface area contributed by atoms with Crippen LogP contribution < -0.4 is 0 Å². The summed E-state index contributed by atoms with van der Waals surface area (Å²) >= 11 is 0. The van der Waals surface area contributed by atoms with Gasteiger partial charge in [-0.15, -0.1) is 0 Å². The highest BCUT2D eigenvalue weighted by Gasteiger charge is 2.27. The Labute approximate surface area is 53.7 Å². The van der Waals surface area contributed by atoms with Crippen molar-refractivity contribution in [1.82, 2.24) is 0 Å². The first-order chi connectivity index (χ1) is 3.85. The SMILES string of the molecule is CC(C)(C)[14C](=O)C(=O)O. The van der Waals surface area contributed by atoms with Crippen LogP contribution in [0.2, 0.25) is 0 Å². The summed E-state index contributed by atoms with van der Waals surface area (Å²) in [4.78, 5) is 20.6. The van der Waals surface area contributed by atoms with Gasteiger partial charge in [0.25, 0.3) is 0 Å². The second-order valence-electron chi connectivity index (χ2n) is 2.88. The van der Waals surface area contributed by atoms with Crippen molar-refractivity contribution in [3.63, 3.8) is 0 Å². The van der Waals surface area contributed by atoms with Gasteiger partial charge in [0.2, 0.25) is 5.78 Å². The fraction of sp³-hybridized carbons (Fsp3) is 0.667. The average molecular weight is 132 g/mol. The molecular formula is C6H10O3. The van der Waals surface area contributed by atoms with Gasteiger partial charge in [0.1, 0.15) is 0 Å². The van der Waals surface area contributed by atoms with Crippen molar-refractivity contribution in [3.05, 3.63) is 0 Å². The molecular weight excluding hydrogens is 122 g/mol. The number of rotatable bonds is 1. The lowest BCUT2D eigenvalue weighted by atomic mass is 10.1. The molecule has 0 amide bonds. The van der Waals surface area contributed by atoms with Crippen LogP contribution in [0.3, 0.4) is 0 Å². The smallest absolute Gasteiger partial charge is 0.372 e. The molecule has 3 heteroatoms. The second-order valence-corrected chi connectivity index (χ2v) is 2.88. The number of aliphatic carboxylic acids is 1. The van der Waals surface area contributed by atoms with Gasteiger partial charge in [-0.2, -0.15) is 0 Å². The molecule has 0 saturated heterocycles. The normalized spacial score (nSPS) is 11.0. The first kappa shape index (κ1) is 8.14. The van der Waals surface area contributed by atoms with Crippen LogP contribution in [0.1, 0.15) is 20.8 Å². The molecule has 0 aromatic rings. The molecule has 0 saturated carbocycles. The zero-order valence-corrected chi connectivity index (χ0v) is 5.76. The molecule has 0 aliphatic carbocycles. The summed E-state index contributed by atoms with van der Waals surface area (Å²) in [6.45, 7) is 4.72. The number of carbonyl (C=O) groups is 2. The number of hydrogen-bond donors (Lipinski definition) is 1. The zero-order chi connectivity index (χ0) is 7.65. The lowest BCUT2D eigenvalue weighted by Gasteiger charge is -2.11. The Morgan fingerprint density at radius 1 is 1.44 bits per heavy atom. The van der Waals surface area contributed by atoms with Crippen molar-refractivity contribution in [2.24, 2.45) is 5.41 Å². The molecule has 0 aliphatic heterocycles. The monoisotopic (exact) mass is 132 g/mol. The first-order valence-electron chi connectivity index (χ1n) is 2.63. The Kier molecular flexibility index (Phi) is 1.96. The summed E-state index contributed by atoms with van der Waals surface area (Å²) < 4.78 is 0. The van der Waals surface area contributed by atoms with E-state index in [0.717, 1.165) is 0 Å². The lowest BCUT2D eigenvalue weighted by molar-refractivity contribution is -0.152. The van der Waals surface area contributed by atoms with E-state index < -0.39 is 17.2 Å². The van der Waals surface area contributed by atoms with E-state index in [9.17, 15) is 9.59 Å². The number of ketones is 1. The molecule has 0 aromatic heterocycles. The molecule has 0 atom stereocenters. The Balaban J connectivity index is 4.23. The summed E-state index contributed by atoms with van der Waals surface area (Å²) in [6.07, 6.45) is 0. The van der Waals surface area contributed by atoms with Crippen LogP contribution in [0.4, 0.5) is 0 Å². The van der Waals surface area contributed by atoms with Crippen LogP contribution in [-0.2, 0) is 9.59 Å². The minimum atomic E-state index is -1.36. The van der Waals surface area contributed by atoms with E-state index in [1.807, 2.05) is 0 Å². The van der Waals surface area contributed by atoms with Crippen molar-refractivity contribution < 1.29 is 14.7 Å². The third-order valence-corrected chi connectivity index (χ3v) is 0.875. The Bertz CT molecular complexity index is 141. The van der Waals surface area contributed by atoms with Crippen molar-refractivity contribution in [2.45, 2.75) is 20.8 Å². The standard InChI is InChI=1S/C6H10O3/c1-6(2,3)4(7)5(8)9/h1-3H3,(H,8,9)/i4+2. The molecule has 52 valence electrons. The second kappa shape index (κ2) is 2.17. The predicted molar refractivity (Wildman–Crippen MR) is 32.1 cm³/mol. The van der Waals surface area contributed by atoms with Gasteiger partial charge in [0, 0.05) is 5.41 Å². The van der Waals surface area contributed by atoms with Gasteiger partial charge in [-0.05, 0) is 0 Å². The van der Waals surface area contributed by atoms with Crippen molar-refractivity contribution in [2.75, 3.05) is 0 Å². The maximum atomic E-state index is 10.6. The van der Waals surface area contributed by atoms with Crippen LogP contribution in [0.25, 0.3) is 0 Å². The van der Waals surface area contributed by atoms with Gasteiger partial charge in [-0.25, -0.2) is 4.79 Å². The molecule has 0 rings (SSSR count). The minimum absolute atomic E-state index is 0.748. The summed E-state index contributed by atoms with van der Waals surface area (Å²) in [7, 11) is 0. The number of Topliss-reactive ketones (excluding diaryl/α,β-unsaturated/α-hetero) is 1. The van der Waals surface area contributed by atoms with Crippen LogP contribution in [0.5, 0.6) is 0 Å². The van der Waals surface area contributed by atoms with E-state index in [1.54, 1.807) is 20.8 Å². The van der Waals surface area contributed by atoms with E-state index in [2.05, 4.69) is 0 Å². The fourth-order valence-electron chi connectivity index (χ4n) is 0.321. The van der Waals surface area contributed by atoms with Crippen LogP contribution >= 0.6 is 0 Å². The Hall–Kier alpha value is -0.860. The molecule has 0 spiro atoms. The third kappa shape index (κ3) is 2.26. The summed E-state index contributed by atoms with van der Waals surface area (Å²) in [5.41, 5.74) is -0.758. The maximum absolute atomic E-state index is 10.6. The summed E-state index contributed by atoms with van der Waals surface area (Å²) in [6, 6.07) is 0. The van der Waals surface area contributed by atoms with E-state index in [-0.39, 0.29) is 0 Å². The zero-order valence-electron chi connectivity index (χ0n) is 5.76. The quantitative estimate of drug-likeness (QED) is 0.534. The Morgan fingerprint density at radius 3 is 1.78 bits per heavy atom. The number of carboxylic acids is 1. The fourth-order valence-corrected chi connectivity index (χ4v) is 0.321. The minimum Gasteiger partial charge on any atom is -0.475 e. The molecule has 0 heterocycles. The molecule has 9 heavy (non-hydrogen) atoms. The van der Waals surface area contributed by atoms with E-state index in [1.165, 1.54) is 0 Å². The topological polar surface area (TPSA) is 54.4 Å². The van der Waals surface area contributed by atoms with Crippen molar-refractivity contribution in [3.8, 4) is 0 Å². The molecule has 0 aromatic carbocycles. The van der Waals surface area contributed by atoms with Crippen molar-refractivity contribution in [1.29, 1.82) is 0 Å². The van der Waals surface area contributed by atoms with Crippen molar-refractivity contribution >= 4 is 11.8 Å². The third-order valence-electron chi connectivity index (χ3n) is 0.875. The number of carbonyl (C=O) groups excluding carboxylic acids is 1. The first-order valence-corrected chi connectivity index (χ1v) is 2.63. The molecule has 0 radical (unpaired) electrons. The molecule has 0 bridgehead atoms. The van der Waals surface area contributed by atoms with E-state index in [4.69, 9.17) is 5.11 Å². The number of hydrogen-bond acceptors (Lipinski definition) is 2. The highest BCUT2D eigenvalue weighted by Crippen LogP contribution is 2.13. The van der Waals surface area contributed by atoms with E-state index >= 15 is 0 Å². The largest absolute Gasteiger partial charge is 0.475 e. The van der Waals surface area contributed by atoms with Gasteiger partial charge in [-0.3, -0.25) is 4.79 Å². The Morgan fingerprint density at radius 2 is 1.78 bits per heavy atom. The van der Waals surface area contributed by atoms with Crippen LogP contribution in [0, 0.1) is 5.41 Å². The number of carboxylic acid groups (broad SMARTS) is 1. The van der Waals surface area contributed by atoms with Gasteiger partial charge in [0.15, 0.2) is 0 Å². The average Bonchev–Trinajstić information content (AvgIpc) is 1.62. The van der Waals surface area contributed by atoms with E-state index in [0.29, 0.717) is 0 Å². The van der Waals surface area contributed by atoms with Crippen LogP contribution in [0.15, 0.2) is 0 Å². The van der Waals surface area contributed by atoms with Gasteiger partial charge >= 0.3 is 5.97 Å². The highest BCUT2D eigenvalue weighted by molar-refractivity contribution is 6.34. The van der Waals surface area contributed by atoms with Gasteiger partial charge in [0.05, 0.1) is 0 Å². The lowest BCUT2D eigenvalue weighted by Crippen LogP contribution is -2.27. The highest BCUT2D eigenvalue weighted by atomic mass is 16.4. The molecule has 1 N–H and O–H groups in total. The summed E-state index contributed by atoms with van der Waals surface area (Å²) in [5, 5.41) is 8.17. The van der Waals surface area contributed by atoms with Gasteiger partial charge in [-0.1, -0.05) is 20.8 Å². The molecule has 3 nitrogen and oxygen atoms in total. The maximum Gasteiger partial charge on any atom is 0.372 e. The molecule has 0 fully saturated rings. The van der Waals surface area contributed by atoms with Gasteiger partial charge < -0.3 is 5.11 Å². The summed E-state index contributed by atoms with van der Waals surface area (Å²) in [5.74, 6) is -2.11. The van der Waals surface area contributed by atoms with Crippen LogP contribution in [-0.4, -0.2) is 16.9 Å². The molecule has 0 unspecified atom stereocenters.